The van der Waals surface area contributed by atoms with Crippen molar-refractivity contribution < 1.29 is 18.3 Å². The van der Waals surface area contributed by atoms with Gasteiger partial charge in [-0.05, 0) is 50.0 Å². The van der Waals surface area contributed by atoms with E-state index in [1.165, 1.54) is 4.31 Å². The molecule has 29 heavy (non-hydrogen) atoms. The van der Waals surface area contributed by atoms with Crippen molar-refractivity contribution in [2.45, 2.75) is 55.6 Å². The van der Waals surface area contributed by atoms with E-state index in [0.717, 1.165) is 18.2 Å². The Morgan fingerprint density at radius 2 is 1.72 bits per heavy atom. The second-order valence-electron chi connectivity index (χ2n) is 8.19. The number of carbonyl (C=O) groups is 1. The smallest absolute Gasteiger partial charge is 0.243 e. The van der Waals surface area contributed by atoms with Gasteiger partial charge in [0.15, 0.2) is 0 Å². The van der Waals surface area contributed by atoms with Crippen molar-refractivity contribution in [3.63, 3.8) is 0 Å². The number of nitrogens with one attached hydrogen (secondary N) is 1. The number of aliphatic hydroxyl groups excluding tert-OH is 1. The molecule has 0 spiro atoms. The van der Waals surface area contributed by atoms with Crippen LogP contribution in [0.5, 0.6) is 0 Å². The van der Waals surface area contributed by atoms with Gasteiger partial charge < -0.3 is 10.4 Å². The maximum absolute atomic E-state index is 13.4. The minimum Gasteiger partial charge on any atom is -0.393 e. The van der Waals surface area contributed by atoms with Gasteiger partial charge in [0.1, 0.15) is 0 Å². The highest BCUT2D eigenvalue weighted by molar-refractivity contribution is 7.89. The first-order chi connectivity index (χ1) is 13.9. The fourth-order valence-corrected chi connectivity index (χ4v) is 6.21. The molecule has 1 amide bonds. The van der Waals surface area contributed by atoms with Crippen LogP contribution in [0, 0.1) is 5.92 Å². The molecule has 2 aliphatic rings. The summed E-state index contributed by atoms with van der Waals surface area (Å²) in [6.45, 7) is 0.650. The summed E-state index contributed by atoms with van der Waals surface area (Å²) < 4.78 is 28.2. The molecule has 156 valence electrons. The monoisotopic (exact) mass is 416 g/mol. The molecule has 0 aromatic heterocycles. The van der Waals surface area contributed by atoms with Crippen LogP contribution in [0.4, 0.5) is 0 Å². The van der Waals surface area contributed by atoms with E-state index in [1.807, 2.05) is 30.3 Å². The lowest BCUT2D eigenvalue weighted by Gasteiger charge is -2.33. The molecular formula is C22H28N2O4S. The van der Waals surface area contributed by atoms with Gasteiger partial charge in [-0.1, -0.05) is 36.4 Å². The normalized spacial score (nSPS) is 26.3. The molecule has 1 aliphatic heterocycles. The third kappa shape index (κ3) is 4.32. The maximum atomic E-state index is 13.4. The number of aliphatic hydroxyl groups is 1. The van der Waals surface area contributed by atoms with E-state index < -0.39 is 10.0 Å². The van der Waals surface area contributed by atoms with Crippen LogP contribution in [0.3, 0.4) is 0 Å². The van der Waals surface area contributed by atoms with E-state index >= 15 is 0 Å². The van der Waals surface area contributed by atoms with Crippen LogP contribution in [-0.2, 0) is 14.8 Å². The zero-order valence-electron chi connectivity index (χ0n) is 16.5. The summed E-state index contributed by atoms with van der Waals surface area (Å²) in [4.78, 5) is 13.1. The molecule has 2 fully saturated rings. The number of carbonyl (C=O) groups excluding carboxylic acids is 1. The first-order valence-corrected chi connectivity index (χ1v) is 11.9. The molecule has 1 aliphatic carbocycles. The van der Waals surface area contributed by atoms with E-state index in [2.05, 4.69) is 5.32 Å². The summed E-state index contributed by atoms with van der Waals surface area (Å²) in [5.74, 6) is -0.399. The third-order valence-electron chi connectivity index (χ3n) is 6.17. The van der Waals surface area contributed by atoms with Crippen molar-refractivity contribution in [2.24, 2.45) is 5.92 Å². The molecule has 6 nitrogen and oxygen atoms in total. The number of sulfonamides is 1. The largest absolute Gasteiger partial charge is 0.393 e. The highest BCUT2D eigenvalue weighted by atomic mass is 32.2. The number of hydrogen-bond acceptors (Lipinski definition) is 4. The minimum atomic E-state index is -3.68. The summed E-state index contributed by atoms with van der Waals surface area (Å²) >= 11 is 0. The summed E-state index contributed by atoms with van der Waals surface area (Å²) in [6.07, 6.45) is 4.07. The van der Waals surface area contributed by atoms with Gasteiger partial charge >= 0.3 is 0 Å². The highest BCUT2D eigenvalue weighted by Crippen LogP contribution is 2.29. The molecule has 0 radical (unpaired) electrons. The van der Waals surface area contributed by atoms with E-state index in [1.54, 1.807) is 12.1 Å². The van der Waals surface area contributed by atoms with Crippen LogP contribution in [0.15, 0.2) is 47.4 Å². The topological polar surface area (TPSA) is 86.7 Å². The highest BCUT2D eigenvalue weighted by Gasteiger charge is 2.35. The fraction of sp³-hybridized carbons (Fsp3) is 0.500. The maximum Gasteiger partial charge on any atom is 0.243 e. The van der Waals surface area contributed by atoms with Gasteiger partial charge in [0.25, 0.3) is 0 Å². The predicted molar refractivity (Wildman–Crippen MR) is 112 cm³/mol. The van der Waals surface area contributed by atoms with Crippen LogP contribution in [-0.4, -0.2) is 49.0 Å². The third-order valence-corrected chi connectivity index (χ3v) is 8.09. The van der Waals surface area contributed by atoms with Gasteiger partial charge in [0, 0.05) is 24.5 Å². The number of amides is 1. The first kappa shape index (κ1) is 20.3. The van der Waals surface area contributed by atoms with Crippen molar-refractivity contribution in [3.05, 3.63) is 42.5 Å². The second kappa shape index (κ2) is 8.42. The molecule has 2 aromatic carbocycles. The molecule has 2 aromatic rings. The molecule has 1 saturated carbocycles. The van der Waals surface area contributed by atoms with Gasteiger partial charge in [0.05, 0.1) is 16.9 Å². The fourth-order valence-electron chi connectivity index (χ4n) is 4.47. The number of benzene rings is 2. The van der Waals surface area contributed by atoms with Gasteiger partial charge in [0.2, 0.25) is 15.9 Å². The Labute approximate surface area is 172 Å². The summed E-state index contributed by atoms with van der Waals surface area (Å²) in [7, 11) is -3.68. The van der Waals surface area contributed by atoms with Crippen molar-refractivity contribution in [1.82, 2.24) is 9.62 Å². The molecule has 1 heterocycles. The molecule has 2 N–H and O–H groups in total. The second-order valence-corrected chi connectivity index (χ2v) is 10.1. The van der Waals surface area contributed by atoms with Crippen molar-refractivity contribution in [3.8, 4) is 0 Å². The number of nitrogens with zero attached hydrogens (tertiary/aromatic N) is 1. The van der Waals surface area contributed by atoms with Crippen LogP contribution < -0.4 is 5.32 Å². The predicted octanol–water partition coefficient (Wildman–Crippen LogP) is 2.66. The Morgan fingerprint density at radius 1 is 1.00 bits per heavy atom. The van der Waals surface area contributed by atoms with Crippen LogP contribution in [0.25, 0.3) is 10.8 Å². The lowest BCUT2D eigenvalue weighted by molar-refractivity contribution is -0.127. The summed E-state index contributed by atoms with van der Waals surface area (Å²) in [5, 5.41) is 14.3. The Balaban J connectivity index is 1.49. The molecule has 0 unspecified atom stereocenters. The first-order valence-electron chi connectivity index (χ1n) is 10.4. The van der Waals surface area contributed by atoms with E-state index in [4.69, 9.17) is 0 Å². The van der Waals surface area contributed by atoms with Crippen LogP contribution in [0.1, 0.15) is 38.5 Å². The van der Waals surface area contributed by atoms with Crippen molar-refractivity contribution in [1.29, 1.82) is 0 Å². The molecular weight excluding hydrogens is 388 g/mol. The summed E-state index contributed by atoms with van der Waals surface area (Å²) in [6, 6.07) is 12.9. The molecule has 1 saturated heterocycles. The van der Waals surface area contributed by atoms with Gasteiger partial charge in [-0.15, -0.1) is 0 Å². The van der Waals surface area contributed by atoms with Crippen LogP contribution >= 0.6 is 0 Å². The lowest BCUT2D eigenvalue weighted by Crippen LogP contribution is -2.48. The lowest BCUT2D eigenvalue weighted by atomic mass is 9.92. The SMILES string of the molecule is O=C(N[C@H]1CC[C@H](O)CC1)[C@H]1CCCN(S(=O)(=O)c2cccc3ccccc23)C1. The van der Waals surface area contributed by atoms with Gasteiger partial charge in [-0.2, -0.15) is 4.31 Å². The Kier molecular flexibility index (Phi) is 5.90. The van der Waals surface area contributed by atoms with Crippen molar-refractivity contribution in [2.75, 3.05) is 13.1 Å². The minimum absolute atomic E-state index is 0.0655. The summed E-state index contributed by atoms with van der Waals surface area (Å²) in [5.41, 5.74) is 0. The number of rotatable bonds is 4. The van der Waals surface area contributed by atoms with E-state index in [0.29, 0.717) is 42.5 Å². The van der Waals surface area contributed by atoms with E-state index in [-0.39, 0.29) is 30.5 Å². The number of piperidine rings is 1. The quantitative estimate of drug-likeness (QED) is 0.802. The van der Waals surface area contributed by atoms with Crippen molar-refractivity contribution >= 4 is 26.7 Å². The Morgan fingerprint density at radius 3 is 2.52 bits per heavy atom. The standard InChI is InChI=1S/C22H28N2O4S/c25-19-12-10-18(11-13-19)23-22(26)17-7-4-14-24(15-17)29(27,28)21-9-3-6-16-5-1-2-8-20(16)21/h1-3,5-6,8-9,17-19,25H,4,7,10-15H2,(H,23,26)/t17-,18-,19-/m0/s1. The average molecular weight is 417 g/mol. The number of hydrogen-bond donors (Lipinski definition) is 2. The van der Waals surface area contributed by atoms with E-state index in [9.17, 15) is 18.3 Å². The van der Waals surface area contributed by atoms with Crippen LogP contribution in [0.2, 0.25) is 0 Å². The van der Waals surface area contributed by atoms with Gasteiger partial charge in [-0.3, -0.25) is 4.79 Å². The Bertz CT molecular complexity index is 978. The zero-order chi connectivity index (χ0) is 20.4. The molecule has 4 rings (SSSR count). The molecule has 7 heteroatoms. The Hall–Kier alpha value is -1.96. The number of fused-ring (bicyclic) bond motifs is 1. The molecule has 0 bridgehead atoms. The molecule has 1 atom stereocenters. The zero-order valence-corrected chi connectivity index (χ0v) is 17.3. The van der Waals surface area contributed by atoms with Gasteiger partial charge in [-0.25, -0.2) is 8.42 Å². The average Bonchev–Trinajstić information content (AvgIpc) is 2.75.